The van der Waals surface area contributed by atoms with Gasteiger partial charge in [0.15, 0.2) is 5.13 Å². The third kappa shape index (κ3) is 4.40. The number of esters is 1. The molecule has 7 nitrogen and oxygen atoms in total. The Morgan fingerprint density at radius 3 is 2.77 bits per heavy atom. The van der Waals surface area contributed by atoms with E-state index in [-0.39, 0.29) is 5.91 Å². The van der Waals surface area contributed by atoms with E-state index in [2.05, 4.69) is 44.5 Å². The molecule has 0 radical (unpaired) electrons. The van der Waals surface area contributed by atoms with Crippen LogP contribution in [0.3, 0.4) is 0 Å². The molecule has 0 fully saturated rings. The van der Waals surface area contributed by atoms with E-state index in [1.165, 1.54) is 28.9 Å². The topological polar surface area (TPSA) is 87.3 Å². The number of methoxy groups -OCH3 is 1. The van der Waals surface area contributed by atoms with Crippen molar-refractivity contribution in [2.45, 2.75) is 39.8 Å². The van der Waals surface area contributed by atoms with Crippen molar-refractivity contribution in [1.29, 1.82) is 0 Å². The van der Waals surface area contributed by atoms with Gasteiger partial charge in [0.1, 0.15) is 5.69 Å². The number of aryl methyl sites for hydroxylation is 1. The van der Waals surface area contributed by atoms with Crippen LogP contribution in [0.4, 0.5) is 5.13 Å². The lowest BCUT2D eigenvalue weighted by atomic mass is 10.1. The highest BCUT2D eigenvalue weighted by molar-refractivity contribution is 7.15. The van der Waals surface area contributed by atoms with E-state index in [1.807, 2.05) is 13.0 Å². The number of H-pyrrole nitrogens is 1. The van der Waals surface area contributed by atoms with Crippen molar-refractivity contribution in [3.8, 4) is 0 Å². The average molecular weight is 439 g/mol. The third-order valence-corrected chi connectivity index (χ3v) is 6.58. The van der Waals surface area contributed by atoms with E-state index < -0.39 is 5.97 Å². The summed E-state index contributed by atoms with van der Waals surface area (Å²) in [5.41, 5.74) is 4.44. The Balaban J connectivity index is 1.48. The Hall–Kier alpha value is -2.97. The van der Waals surface area contributed by atoms with Crippen molar-refractivity contribution in [2.24, 2.45) is 0 Å². The lowest BCUT2D eigenvalue weighted by molar-refractivity contribution is 0.0599. The lowest BCUT2D eigenvalue weighted by Crippen LogP contribution is -2.29. The van der Waals surface area contributed by atoms with Crippen LogP contribution in [0.25, 0.3) is 0 Å². The summed E-state index contributed by atoms with van der Waals surface area (Å²) in [5, 5.41) is 3.50. The SMILES string of the molecule is CCc1[nH]c(C(=O)Nc2nc3c(s2)CN(Cc2ccccc2)CC3)c(C)c1C(=O)OC. The summed E-state index contributed by atoms with van der Waals surface area (Å²) in [6, 6.07) is 10.4. The first kappa shape index (κ1) is 21.3. The molecule has 31 heavy (non-hydrogen) atoms. The van der Waals surface area contributed by atoms with Gasteiger partial charge < -0.3 is 9.72 Å². The van der Waals surface area contributed by atoms with E-state index in [9.17, 15) is 9.59 Å². The molecule has 162 valence electrons. The lowest BCUT2D eigenvalue weighted by Gasteiger charge is -2.25. The Morgan fingerprint density at radius 1 is 1.29 bits per heavy atom. The zero-order valence-electron chi connectivity index (χ0n) is 17.9. The number of aromatic amines is 1. The molecule has 1 aliphatic heterocycles. The number of carbonyl (C=O) groups excluding carboxylic acids is 2. The van der Waals surface area contributed by atoms with Crippen LogP contribution < -0.4 is 5.32 Å². The summed E-state index contributed by atoms with van der Waals surface area (Å²) < 4.78 is 4.87. The van der Waals surface area contributed by atoms with Crippen LogP contribution >= 0.6 is 11.3 Å². The zero-order chi connectivity index (χ0) is 22.0. The highest BCUT2D eigenvalue weighted by Gasteiger charge is 2.25. The summed E-state index contributed by atoms with van der Waals surface area (Å²) in [7, 11) is 1.34. The number of benzene rings is 1. The van der Waals surface area contributed by atoms with Gasteiger partial charge in [-0.2, -0.15) is 0 Å². The number of nitrogens with one attached hydrogen (secondary N) is 2. The predicted molar refractivity (Wildman–Crippen MR) is 121 cm³/mol. The number of amides is 1. The summed E-state index contributed by atoms with van der Waals surface area (Å²) in [6.45, 7) is 6.35. The van der Waals surface area contributed by atoms with Crippen molar-refractivity contribution < 1.29 is 14.3 Å². The zero-order valence-corrected chi connectivity index (χ0v) is 18.8. The third-order valence-electron chi connectivity index (χ3n) is 5.58. The number of fused-ring (bicyclic) bond motifs is 1. The second-order valence-corrected chi connectivity index (χ2v) is 8.70. The van der Waals surface area contributed by atoms with Crippen LogP contribution in [0.1, 0.15) is 55.2 Å². The monoisotopic (exact) mass is 438 g/mol. The first-order chi connectivity index (χ1) is 15.0. The van der Waals surface area contributed by atoms with Gasteiger partial charge in [-0.1, -0.05) is 37.3 Å². The Labute approximate surface area is 185 Å². The largest absolute Gasteiger partial charge is 0.465 e. The van der Waals surface area contributed by atoms with E-state index in [4.69, 9.17) is 4.74 Å². The first-order valence-corrected chi connectivity index (χ1v) is 11.2. The predicted octanol–water partition coefficient (Wildman–Crippen LogP) is 3.94. The number of nitrogens with zero attached hydrogens (tertiary/aromatic N) is 2. The van der Waals surface area contributed by atoms with Gasteiger partial charge in [-0.05, 0) is 24.5 Å². The number of hydrogen-bond donors (Lipinski definition) is 2. The van der Waals surface area contributed by atoms with E-state index >= 15 is 0 Å². The van der Waals surface area contributed by atoms with Crippen LogP contribution in [0, 0.1) is 6.92 Å². The molecule has 0 saturated heterocycles. The van der Waals surface area contributed by atoms with E-state index in [1.54, 1.807) is 6.92 Å². The maximum Gasteiger partial charge on any atom is 0.339 e. The van der Waals surface area contributed by atoms with Crippen molar-refractivity contribution in [3.63, 3.8) is 0 Å². The average Bonchev–Trinajstić information content (AvgIpc) is 3.33. The molecule has 1 aromatic carbocycles. The molecule has 2 aromatic heterocycles. The van der Waals surface area contributed by atoms with Crippen LogP contribution in [-0.4, -0.2) is 40.4 Å². The van der Waals surface area contributed by atoms with Gasteiger partial charge in [0, 0.05) is 36.6 Å². The quantitative estimate of drug-likeness (QED) is 0.569. The fourth-order valence-corrected chi connectivity index (χ4v) is 5.01. The normalized spacial score (nSPS) is 13.6. The van der Waals surface area contributed by atoms with Gasteiger partial charge in [-0.3, -0.25) is 15.0 Å². The van der Waals surface area contributed by atoms with Crippen LogP contribution in [0.15, 0.2) is 30.3 Å². The number of thiazole rings is 1. The summed E-state index contributed by atoms with van der Waals surface area (Å²) in [5.74, 6) is -0.734. The van der Waals surface area contributed by atoms with Gasteiger partial charge in [0.2, 0.25) is 0 Å². The Morgan fingerprint density at radius 2 is 2.06 bits per heavy atom. The number of carbonyl (C=O) groups is 2. The first-order valence-electron chi connectivity index (χ1n) is 10.4. The second kappa shape index (κ2) is 9.03. The molecule has 8 heteroatoms. The molecule has 1 aliphatic rings. The molecule has 0 aliphatic carbocycles. The molecular weight excluding hydrogens is 412 g/mol. The Bertz CT molecular complexity index is 1100. The fraction of sp³-hybridized carbons (Fsp3) is 0.348. The maximum atomic E-state index is 12.9. The molecule has 0 saturated carbocycles. The molecule has 0 bridgehead atoms. The summed E-state index contributed by atoms with van der Waals surface area (Å²) in [4.78, 5) is 36.3. The van der Waals surface area contributed by atoms with Crippen molar-refractivity contribution >= 4 is 28.3 Å². The van der Waals surface area contributed by atoms with E-state index in [0.29, 0.717) is 34.1 Å². The van der Waals surface area contributed by atoms with Crippen LogP contribution in [0.2, 0.25) is 0 Å². The molecule has 3 aromatic rings. The molecule has 0 atom stereocenters. The molecular formula is C23H26N4O3S. The van der Waals surface area contributed by atoms with Gasteiger partial charge >= 0.3 is 5.97 Å². The van der Waals surface area contributed by atoms with Gasteiger partial charge in [0.25, 0.3) is 5.91 Å². The van der Waals surface area contributed by atoms with Crippen molar-refractivity contribution in [2.75, 3.05) is 19.0 Å². The Kier molecular flexibility index (Phi) is 6.20. The molecule has 4 rings (SSSR count). The minimum Gasteiger partial charge on any atom is -0.465 e. The summed E-state index contributed by atoms with van der Waals surface area (Å²) >= 11 is 1.52. The molecule has 1 amide bonds. The number of aromatic nitrogens is 2. The maximum absolute atomic E-state index is 12.9. The van der Waals surface area contributed by atoms with Gasteiger partial charge in [-0.25, -0.2) is 9.78 Å². The van der Waals surface area contributed by atoms with Gasteiger partial charge in [0.05, 0.1) is 18.4 Å². The van der Waals surface area contributed by atoms with E-state index in [0.717, 1.165) is 31.7 Å². The smallest absolute Gasteiger partial charge is 0.339 e. The number of hydrogen-bond acceptors (Lipinski definition) is 6. The van der Waals surface area contributed by atoms with Crippen molar-refractivity contribution in [1.82, 2.24) is 14.9 Å². The molecule has 2 N–H and O–H groups in total. The van der Waals surface area contributed by atoms with Crippen molar-refractivity contribution in [3.05, 3.63) is 69.0 Å². The number of anilines is 1. The van der Waals surface area contributed by atoms with Crippen LogP contribution in [-0.2, 0) is 30.7 Å². The highest BCUT2D eigenvalue weighted by Crippen LogP contribution is 2.30. The molecule has 0 spiro atoms. The minimum absolute atomic E-state index is 0.297. The molecule has 3 heterocycles. The standard InChI is InChI=1S/C23H26N4O3S/c1-4-16-19(22(29)30-3)14(2)20(24-16)21(28)26-23-25-17-10-11-27(13-18(17)31-23)12-15-8-6-5-7-9-15/h5-9,24H,4,10-13H2,1-3H3,(H,25,26,28). The molecule has 0 unspecified atom stereocenters. The van der Waals surface area contributed by atoms with Crippen LogP contribution in [0.5, 0.6) is 0 Å². The summed E-state index contributed by atoms with van der Waals surface area (Å²) in [6.07, 6.45) is 1.46. The highest BCUT2D eigenvalue weighted by atomic mass is 32.1. The number of ether oxygens (including phenoxy) is 1. The fourth-order valence-electron chi connectivity index (χ4n) is 3.97. The number of rotatable bonds is 6. The minimum atomic E-state index is -0.437. The van der Waals surface area contributed by atoms with Gasteiger partial charge in [-0.15, -0.1) is 11.3 Å². The second-order valence-electron chi connectivity index (χ2n) is 7.61.